The summed E-state index contributed by atoms with van der Waals surface area (Å²) in [5.74, 6) is 0.479. The average Bonchev–Trinajstić information content (AvgIpc) is 3.13. The van der Waals surface area contributed by atoms with Crippen molar-refractivity contribution in [3.63, 3.8) is 0 Å². The minimum atomic E-state index is -0.509. The van der Waals surface area contributed by atoms with Crippen LogP contribution in [0.1, 0.15) is 12.0 Å². The highest BCUT2D eigenvalue weighted by Crippen LogP contribution is 2.26. The van der Waals surface area contributed by atoms with E-state index in [1.165, 1.54) is 4.57 Å². The molecule has 0 unspecified atom stereocenters. The zero-order chi connectivity index (χ0) is 22.8. The molecule has 4 rings (SSSR count). The number of aliphatic hydroxyl groups is 1. The molecule has 0 atom stereocenters. The summed E-state index contributed by atoms with van der Waals surface area (Å²) < 4.78 is 10.0. The van der Waals surface area contributed by atoms with E-state index < -0.39 is 11.2 Å². The number of ether oxygens (including phenoxy) is 1. The number of hydrogen-bond acceptors (Lipinski definition) is 5. The quantitative estimate of drug-likeness (QED) is 0.442. The second-order valence-electron chi connectivity index (χ2n) is 7.21. The molecule has 0 bridgehead atoms. The van der Waals surface area contributed by atoms with Crippen LogP contribution in [0, 0.1) is 0 Å². The van der Waals surface area contributed by atoms with Crippen LogP contribution in [0.25, 0.3) is 11.2 Å². The molecule has 0 aliphatic heterocycles. The SMILES string of the molecule is Cn1c(=O)n(CCCO)c(=O)c2c1nc(Oc1ccc(Cl)cc1)n2Cc1ccc(Cl)cc1. The molecule has 2 aromatic carbocycles. The molecule has 4 aromatic rings. The maximum atomic E-state index is 13.3. The predicted molar refractivity (Wildman–Crippen MR) is 123 cm³/mol. The molecule has 2 heterocycles. The third-order valence-corrected chi connectivity index (χ3v) is 5.52. The molecule has 0 saturated carbocycles. The molecule has 1 N–H and O–H groups in total. The zero-order valence-electron chi connectivity index (χ0n) is 17.2. The monoisotopic (exact) mass is 474 g/mol. The third-order valence-electron chi connectivity index (χ3n) is 5.01. The number of halogens is 2. The molecule has 10 heteroatoms. The van der Waals surface area contributed by atoms with Crippen LogP contribution in [0.15, 0.2) is 58.1 Å². The molecule has 32 heavy (non-hydrogen) atoms. The van der Waals surface area contributed by atoms with Crippen molar-refractivity contribution in [3.8, 4) is 11.8 Å². The number of aryl methyl sites for hydroxylation is 1. The van der Waals surface area contributed by atoms with Gasteiger partial charge in [0.15, 0.2) is 11.2 Å². The molecule has 0 spiro atoms. The molecule has 0 saturated heterocycles. The van der Waals surface area contributed by atoms with Crippen LogP contribution >= 0.6 is 23.2 Å². The molecule has 0 radical (unpaired) electrons. The molecule has 0 fully saturated rings. The van der Waals surface area contributed by atoms with Crippen LogP contribution in [0.5, 0.6) is 11.8 Å². The second-order valence-corrected chi connectivity index (χ2v) is 8.08. The summed E-state index contributed by atoms with van der Waals surface area (Å²) in [5, 5.41) is 10.3. The van der Waals surface area contributed by atoms with E-state index in [-0.39, 0.29) is 43.3 Å². The Bertz CT molecular complexity index is 1370. The summed E-state index contributed by atoms with van der Waals surface area (Å²) >= 11 is 12.0. The highest BCUT2D eigenvalue weighted by atomic mass is 35.5. The fraction of sp³-hybridized carbons (Fsp3) is 0.227. The highest BCUT2D eigenvalue weighted by Gasteiger charge is 2.22. The Kier molecular flexibility index (Phi) is 6.36. The highest BCUT2D eigenvalue weighted by molar-refractivity contribution is 6.30. The first-order chi connectivity index (χ1) is 15.4. The van der Waals surface area contributed by atoms with Gasteiger partial charge in [0.2, 0.25) is 0 Å². The number of hydrogen-bond donors (Lipinski definition) is 1. The smallest absolute Gasteiger partial charge is 0.332 e. The number of nitrogens with zero attached hydrogens (tertiary/aromatic N) is 4. The first kappa shape index (κ1) is 22.1. The molecule has 2 aromatic heterocycles. The van der Waals surface area contributed by atoms with Gasteiger partial charge in [-0.15, -0.1) is 0 Å². The van der Waals surface area contributed by atoms with Crippen LogP contribution in [0.3, 0.4) is 0 Å². The molecule has 0 amide bonds. The van der Waals surface area contributed by atoms with Gasteiger partial charge in [0, 0.05) is 30.2 Å². The lowest BCUT2D eigenvalue weighted by Gasteiger charge is -2.11. The molecule has 8 nitrogen and oxygen atoms in total. The third kappa shape index (κ3) is 4.29. The van der Waals surface area contributed by atoms with Crippen molar-refractivity contribution in [1.29, 1.82) is 0 Å². The number of aromatic nitrogens is 4. The molecule has 166 valence electrons. The van der Waals surface area contributed by atoms with Gasteiger partial charge in [0.25, 0.3) is 5.56 Å². The van der Waals surface area contributed by atoms with Crippen LogP contribution in [-0.2, 0) is 20.1 Å². The maximum Gasteiger partial charge on any atom is 0.332 e. The minimum Gasteiger partial charge on any atom is -0.425 e. The Hall–Kier alpha value is -3.07. The zero-order valence-corrected chi connectivity index (χ0v) is 18.7. The van der Waals surface area contributed by atoms with E-state index in [0.29, 0.717) is 15.8 Å². The second kappa shape index (κ2) is 9.20. The van der Waals surface area contributed by atoms with Gasteiger partial charge in [-0.05, 0) is 48.4 Å². The molecular weight excluding hydrogens is 455 g/mol. The van der Waals surface area contributed by atoms with Crippen molar-refractivity contribution >= 4 is 34.4 Å². The average molecular weight is 475 g/mol. The Morgan fingerprint density at radius 3 is 2.22 bits per heavy atom. The predicted octanol–water partition coefficient (Wildman–Crippen LogP) is 3.43. The van der Waals surface area contributed by atoms with Crippen LogP contribution in [-0.4, -0.2) is 30.4 Å². The summed E-state index contributed by atoms with van der Waals surface area (Å²) in [6.45, 7) is 0.226. The number of imidazole rings is 1. The maximum absolute atomic E-state index is 13.3. The van der Waals surface area contributed by atoms with E-state index in [4.69, 9.17) is 33.0 Å². The van der Waals surface area contributed by atoms with E-state index in [1.807, 2.05) is 12.1 Å². The fourth-order valence-electron chi connectivity index (χ4n) is 3.38. The standard InChI is InChI=1S/C22H20Cl2N4O4/c1-26-19-18(20(30)27(22(26)31)11-2-12-29)28(13-14-3-5-15(23)6-4-14)21(25-19)32-17-9-7-16(24)8-10-17/h3-10,29H,2,11-13H2,1H3. The first-order valence-corrected chi connectivity index (χ1v) is 10.6. The van der Waals surface area contributed by atoms with Gasteiger partial charge in [-0.25, -0.2) is 4.79 Å². The van der Waals surface area contributed by atoms with Gasteiger partial charge < -0.3 is 9.84 Å². The van der Waals surface area contributed by atoms with E-state index in [1.54, 1.807) is 48.0 Å². The summed E-state index contributed by atoms with van der Waals surface area (Å²) in [5.41, 5.74) is 0.293. The van der Waals surface area contributed by atoms with Crippen molar-refractivity contribution in [2.45, 2.75) is 19.5 Å². The van der Waals surface area contributed by atoms with Crippen molar-refractivity contribution in [2.75, 3.05) is 6.61 Å². The molecule has 0 aliphatic rings. The summed E-state index contributed by atoms with van der Waals surface area (Å²) in [7, 11) is 1.55. The first-order valence-electron chi connectivity index (χ1n) is 9.88. The van der Waals surface area contributed by atoms with Crippen molar-refractivity contribution in [3.05, 3.63) is 85.0 Å². The Morgan fingerprint density at radius 2 is 1.59 bits per heavy atom. The van der Waals surface area contributed by atoms with E-state index >= 15 is 0 Å². The molecule has 0 aliphatic carbocycles. The Morgan fingerprint density at radius 1 is 0.969 bits per heavy atom. The van der Waals surface area contributed by atoms with Gasteiger partial charge in [0.05, 0.1) is 6.54 Å². The van der Waals surface area contributed by atoms with Crippen LogP contribution in [0.4, 0.5) is 0 Å². The van der Waals surface area contributed by atoms with Gasteiger partial charge in [-0.3, -0.25) is 18.5 Å². The van der Waals surface area contributed by atoms with E-state index in [0.717, 1.165) is 10.1 Å². The van der Waals surface area contributed by atoms with Crippen molar-refractivity contribution in [2.24, 2.45) is 7.05 Å². The topological polar surface area (TPSA) is 91.3 Å². The van der Waals surface area contributed by atoms with Crippen molar-refractivity contribution in [1.82, 2.24) is 18.7 Å². The van der Waals surface area contributed by atoms with E-state index in [9.17, 15) is 9.59 Å². The van der Waals surface area contributed by atoms with Gasteiger partial charge >= 0.3 is 11.7 Å². The minimum absolute atomic E-state index is 0.0947. The summed E-state index contributed by atoms with van der Waals surface area (Å²) in [6.07, 6.45) is 0.278. The van der Waals surface area contributed by atoms with Gasteiger partial charge in [-0.2, -0.15) is 4.98 Å². The number of benzene rings is 2. The van der Waals surface area contributed by atoms with E-state index in [2.05, 4.69) is 4.98 Å². The number of fused-ring (bicyclic) bond motifs is 1. The number of aliphatic hydroxyl groups excluding tert-OH is 1. The molecular formula is C22H20Cl2N4O4. The fourth-order valence-corrected chi connectivity index (χ4v) is 3.63. The normalized spacial score (nSPS) is 11.2. The summed E-state index contributed by atoms with van der Waals surface area (Å²) in [4.78, 5) is 30.5. The lowest BCUT2D eigenvalue weighted by atomic mass is 10.2. The lowest BCUT2D eigenvalue weighted by Crippen LogP contribution is -2.39. The Balaban J connectivity index is 1.92. The van der Waals surface area contributed by atoms with Crippen LogP contribution in [0.2, 0.25) is 10.0 Å². The Labute approximate surface area is 192 Å². The van der Waals surface area contributed by atoms with Crippen LogP contribution < -0.4 is 16.0 Å². The van der Waals surface area contributed by atoms with Crippen molar-refractivity contribution < 1.29 is 9.84 Å². The lowest BCUT2D eigenvalue weighted by molar-refractivity contribution is 0.277. The number of rotatable bonds is 7. The van der Waals surface area contributed by atoms with Gasteiger partial charge in [-0.1, -0.05) is 35.3 Å². The van der Waals surface area contributed by atoms with Gasteiger partial charge in [0.1, 0.15) is 5.75 Å². The largest absolute Gasteiger partial charge is 0.425 e. The summed E-state index contributed by atoms with van der Waals surface area (Å²) in [6, 6.07) is 14.1.